The van der Waals surface area contributed by atoms with Gasteiger partial charge in [-0.1, -0.05) is 0 Å². The van der Waals surface area contributed by atoms with E-state index in [9.17, 15) is 0 Å². The predicted molar refractivity (Wildman–Crippen MR) is 70.1 cm³/mol. The van der Waals surface area contributed by atoms with Gasteiger partial charge < -0.3 is 15.4 Å². The maximum Gasteiger partial charge on any atom is 0.0469 e. The number of hydrogen-bond acceptors (Lipinski definition) is 4. The van der Waals surface area contributed by atoms with Crippen molar-refractivity contribution >= 4 is 0 Å². The Morgan fingerprint density at radius 2 is 2.00 bits per heavy atom. The molecular weight excluding hydrogens is 214 g/mol. The molecule has 4 heteroatoms. The number of rotatable bonds is 3. The minimum absolute atomic E-state index is 0.565. The van der Waals surface area contributed by atoms with Crippen LogP contribution in [0, 0.1) is 5.92 Å². The summed E-state index contributed by atoms with van der Waals surface area (Å²) < 4.78 is 5.45. The Hall–Kier alpha value is -0.160. The second-order valence-corrected chi connectivity index (χ2v) is 5.58. The molecule has 0 aromatic carbocycles. The van der Waals surface area contributed by atoms with E-state index in [0.29, 0.717) is 12.1 Å². The van der Waals surface area contributed by atoms with Crippen LogP contribution in [0.2, 0.25) is 0 Å². The molecule has 2 aliphatic heterocycles. The lowest BCUT2D eigenvalue weighted by Gasteiger charge is -2.44. The summed E-state index contributed by atoms with van der Waals surface area (Å²) in [6, 6.07) is 1.22. The number of nitrogens with zero attached hydrogens (tertiary/aromatic N) is 2. The quantitative estimate of drug-likeness (QED) is 0.775. The van der Waals surface area contributed by atoms with Gasteiger partial charge in [0.1, 0.15) is 0 Å². The first-order valence-corrected chi connectivity index (χ1v) is 6.94. The Labute approximate surface area is 105 Å². The van der Waals surface area contributed by atoms with Gasteiger partial charge in [-0.3, -0.25) is 4.90 Å². The highest BCUT2D eigenvalue weighted by atomic mass is 16.5. The first-order valence-electron chi connectivity index (χ1n) is 6.94. The fourth-order valence-electron chi connectivity index (χ4n) is 3.12. The second kappa shape index (κ2) is 6.14. The summed E-state index contributed by atoms with van der Waals surface area (Å²) in [5, 5.41) is 0. The van der Waals surface area contributed by atoms with Crippen LogP contribution in [0.25, 0.3) is 0 Å². The van der Waals surface area contributed by atoms with Gasteiger partial charge in [-0.15, -0.1) is 0 Å². The van der Waals surface area contributed by atoms with Crippen LogP contribution < -0.4 is 5.73 Å². The maximum absolute atomic E-state index is 6.02. The van der Waals surface area contributed by atoms with Gasteiger partial charge in [-0.2, -0.15) is 0 Å². The summed E-state index contributed by atoms with van der Waals surface area (Å²) in [5.41, 5.74) is 6.02. The van der Waals surface area contributed by atoms with Crippen molar-refractivity contribution in [3.8, 4) is 0 Å². The van der Waals surface area contributed by atoms with E-state index in [-0.39, 0.29) is 0 Å². The highest BCUT2D eigenvalue weighted by Gasteiger charge is 2.31. The first-order chi connectivity index (χ1) is 8.22. The fourth-order valence-corrected chi connectivity index (χ4v) is 3.12. The summed E-state index contributed by atoms with van der Waals surface area (Å²) in [4.78, 5) is 5.05. The second-order valence-electron chi connectivity index (χ2n) is 5.58. The van der Waals surface area contributed by atoms with Crippen molar-refractivity contribution < 1.29 is 4.74 Å². The summed E-state index contributed by atoms with van der Waals surface area (Å²) in [5.74, 6) is 0.740. The topological polar surface area (TPSA) is 41.7 Å². The number of nitrogens with two attached hydrogens (primary N) is 1. The van der Waals surface area contributed by atoms with Gasteiger partial charge in [0, 0.05) is 51.5 Å². The highest BCUT2D eigenvalue weighted by molar-refractivity contribution is 4.87. The largest absolute Gasteiger partial charge is 0.381 e. The number of hydrogen-bond donors (Lipinski definition) is 1. The Morgan fingerprint density at radius 1 is 1.29 bits per heavy atom. The van der Waals surface area contributed by atoms with Crippen LogP contribution in [0.1, 0.15) is 19.8 Å². The molecule has 2 fully saturated rings. The molecule has 2 saturated heterocycles. The Morgan fingerprint density at radius 3 is 2.59 bits per heavy atom. The van der Waals surface area contributed by atoms with Crippen molar-refractivity contribution in [1.29, 1.82) is 0 Å². The van der Waals surface area contributed by atoms with Crippen LogP contribution in [0.15, 0.2) is 0 Å². The van der Waals surface area contributed by atoms with Crippen molar-refractivity contribution in [2.75, 3.05) is 46.4 Å². The molecule has 0 aromatic rings. The molecule has 2 atom stereocenters. The zero-order valence-corrected chi connectivity index (χ0v) is 11.3. The Balaban J connectivity index is 1.93. The van der Waals surface area contributed by atoms with E-state index in [1.165, 1.54) is 25.9 Å². The van der Waals surface area contributed by atoms with E-state index in [4.69, 9.17) is 10.5 Å². The van der Waals surface area contributed by atoms with Crippen molar-refractivity contribution in [3.63, 3.8) is 0 Å². The lowest BCUT2D eigenvalue weighted by atomic mass is 9.90. The van der Waals surface area contributed by atoms with E-state index in [0.717, 1.165) is 32.2 Å². The van der Waals surface area contributed by atoms with E-state index >= 15 is 0 Å². The minimum atomic E-state index is 0.565. The zero-order valence-electron chi connectivity index (χ0n) is 11.3. The normalized spacial score (nSPS) is 31.6. The molecule has 4 nitrogen and oxygen atoms in total. The Kier molecular flexibility index (Phi) is 4.79. The van der Waals surface area contributed by atoms with Gasteiger partial charge in [0.25, 0.3) is 0 Å². The summed E-state index contributed by atoms with van der Waals surface area (Å²) in [6.45, 7) is 8.44. The zero-order chi connectivity index (χ0) is 12.3. The Bertz CT molecular complexity index is 231. The van der Waals surface area contributed by atoms with Gasteiger partial charge in [0.2, 0.25) is 0 Å². The summed E-state index contributed by atoms with van der Waals surface area (Å²) in [6.07, 6.45) is 2.37. The van der Waals surface area contributed by atoms with Crippen molar-refractivity contribution in [3.05, 3.63) is 0 Å². The molecule has 0 spiro atoms. The van der Waals surface area contributed by atoms with E-state index in [1.54, 1.807) is 0 Å². The molecule has 2 unspecified atom stereocenters. The average Bonchev–Trinajstić information content (AvgIpc) is 2.36. The molecule has 17 heavy (non-hydrogen) atoms. The third kappa shape index (κ3) is 3.19. The van der Waals surface area contributed by atoms with Gasteiger partial charge >= 0.3 is 0 Å². The number of piperazine rings is 1. The molecule has 2 aliphatic rings. The molecule has 2 rings (SSSR count). The summed E-state index contributed by atoms with van der Waals surface area (Å²) >= 11 is 0. The third-order valence-corrected chi connectivity index (χ3v) is 4.51. The lowest BCUT2D eigenvalue weighted by molar-refractivity contribution is 0.00412. The van der Waals surface area contributed by atoms with Gasteiger partial charge in [-0.25, -0.2) is 0 Å². The van der Waals surface area contributed by atoms with E-state index in [1.807, 2.05) is 0 Å². The van der Waals surface area contributed by atoms with Gasteiger partial charge in [-0.05, 0) is 32.7 Å². The van der Waals surface area contributed by atoms with Crippen LogP contribution in [0.3, 0.4) is 0 Å². The van der Waals surface area contributed by atoms with Crippen LogP contribution in [0.5, 0.6) is 0 Å². The van der Waals surface area contributed by atoms with Crippen LogP contribution in [0.4, 0.5) is 0 Å². The van der Waals surface area contributed by atoms with Gasteiger partial charge in [0.05, 0.1) is 0 Å². The molecule has 100 valence electrons. The van der Waals surface area contributed by atoms with Crippen molar-refractivity contribution in [1.82, 2.24) is 9.80 Å². The summed E-state index contributed by atoms with van der Waals surface area (Å²) in [7, 11) is 2.22. The fraction of sp³-hybridized carbons (Fsp3) is 1.00. The smallest absolute Gasteiger partial charge is 0.0469 e. The van der Waals surface area contributed by atoms with Gasteiger partial charge in [0.15, 0.2) is 0 Å². The molecule has 2 heterocycles. The monoisotopic (exact) mass is 241 g/mol. The molecule has 0 radical (unpaired) electrons. The molecule has 0 saturated carbocycles. The molecule has 0 aromatic heterocycles. The maximum atomic E-state index is 6.02. The SMILES string of the molecule is CC1CN(C(CN)C2CCOCC2)CCN1C. The first kappa shape index (κ1) is 13.3. The molecule has 0 aliphatic carbocycles. The molecule has 2 N–H and O–H groups in total. The lowest BCUT2D eigenvalue weighted by Crippen LogP contribution is -2.57. The van der Waals surface area contributed by atoms with E-state index in [2.05, 4.69) is 23.8 Å². The van der Waals surface area contributed by atoms with Crippen LogP contribution >= 0.6 is 0 Å². The predicted octanol–water partition coefficient (Wildman–Crippen LogP) is 0.376. The minimum Gasteiger partial charge on any atom is -0.381 e. The number of ether oxygens (including phenoxy) is 1. The molecule has 0 bridgehead atoms. The van der Waals surface area contributed by atoms with Crippen molar-refractivity contribution in [2.24, 2.45) is 11.7 Å². The van der Waals surface area contributed by atoms with Crippen LogP contribution in [-0.2, 0) is 4.74 Å². The van der Waals surface area contributed by atoms with E-state index < -0.39 is 0 Å². The van der Waals surface area contributed by atoms with Crippen LogP contribution in [-0.4, -0.2) is 68.3 Å². The average molecular weight is 241 g/mol. The highest BCUT2D eigenvalue weighted by Crippen LogP contribution is 2.24. The molecular formula is C13H27N3O. The standard InChI is InChI=1S/C13H27N3O/c1-11-10-16(6-5-15(11)2)13(9-14)12-3-7-17-8-4-12/h11-13H,3-10,14H2,1-2H3. The third-order valence-electron chi connectivity index (χ3n) is 4.51. The van der Waals surface area contributed by atoms with Crippen molar-refractivity contribution in [2.45, 2.75) is 31.8 Å². The number of likely N-dealkylation sites (N-methyl/N-ethyl adjacent to an activating group) is 1. The molecule has 0 amide bonds.